The molecule has 1 heterocycles. The van der Waals surface area contributed by atoms with Crippen LogP contribution < -0.4 is 11.1 Å². The van der Waals surface area contributed by atoms with Gasteiger partial charge in [-0.15, -0.1) is 11.3 Å². The molecule has 0 aliphatic heterocycles. The molecule has 0 aliphatic rings. The van der Waals surface area contributed by atoms with Crippen molar-refractivity contribution in [1.82, 2.24) is 5.32 Å². The third kappa shape index (κ3) is 5.28. The van der Waals surface area contributed by atoms with Crippen molar-refractivity contribution in [3.63, 3.8) is 0 Å². The van der Waals surface area contributed by atoms with E-state index in [0.717, 1.165) is 12.8 Å². The summed E-state index contributed by atoms with van der Waals surface area (Å²) in [4.78, 5) is 13.9. The monoisotopic (exact) mass is 240 g/mol. The molecule has 1 amide bonds. The van der Waals surface area contributed by atoms with E-state index in [2.05, 4.69) is 24.4 Å². The first-order chi connectivity index (χ1) is 7.58. The average molecular weight is 240 g/mol. The number of hydrogen-bond acceptors (Lipinski definition) is 3. The van der Waals surface area contributed by atoms with Crippen LogP contribution >= 0.6 is 11.3 Å². The predicted octanol–water partition coefficient (Wildman–Crippen LogP) is 2.19. The Kier molecular flexibility index (Phi) is 5.49. The first-order valence-electron chi connectivity index (χ1n) is 5.65. The van der Waals surface area contributed by atoms with Crippen LogP contribution in [0, 0.1) is 6.92 Å². The van der Waals surface area contributed by atoms with Gasteiger partial charge >= 0.3 is 0 Å². The van der Waals surface area contributed by atoms with Gasteiger partial charge in [0.2, 0.25) is 5.91 Å². The van der Waals surface area contributed by atoms with Crippen LogP contribution in [-0.4, -0.2) is 11.9 Å². The summed E-state index contributed by atoms with van der Waals surface area (Å²) >= 11 is 1.72. The molecule has 1 rings (SSSR count). The fraction of sp³-hybridized carbons (Fsp3) is 0.583. The molecule has 0 radical (unpaired) electrons. The SMILES string of the molecule is Cc1ccc(CNC(=O)CCCC(C)N)s1. The van der Waals surface area contributed by atoms with Gasteiger partial charge in [-0.2, -0.15) is 0 Å². The normalized spacial score (nSPS) is 12.4. The zero-order valence-corrected chi connectivity index (χ0v) is 10.8. The van der Waals surface area contributed by atoms with Crippen LogP contribution in [-0.2, 0) is 11.3 Å². The number of thiophene rings is 1. The number of aryl methyl sites for hydroxylation is 1. The first kappa shape index (κ1) is 13.2. The molecule has 0 aliphatic carbocycles. The van der Waals surface area contributed by atoms with Gasteiger partial charge in [-0.3, -0.25) is 4.79 Å². The fourth-order valence-electron chi connectivity index (χ4n) is 1.44. The van der Waals surface area contributed by atoms with Gasteiger partial charge < -0.3 is 11.1 Å². The van der Waals surface area contributed by atoms with Gasteiger partial charge in [0, 0.05) is 22.2 Å². The zero-order chi connectivity index (χ0) is 12.0. The molecule has 3 nitrogen and oxygen atoms in total. The van der Waals surface area contributed by atoms with Gasteiger partial charge in [0.15, 0.2) is 0 Å². The molecule has 4 heteroatoms. The predicted molar refractivity (Wildman–Crippen MR) is 68.4 cm³/mol. The maximum atomic E-state index is 11.5. The highest BCUT2D eigenvalue weighted by molar-refractivity contribution is 7.11. The van der Waals surface area contributed by atoms with Gasteiger partial charge in [-0.05, 0) is 38.8 Å². The van der Waals surface area contributed by atoms with Crippen molar-refractivity contribution in [2.24, 2.45) is 5.73 Å². The van der Waals surface area contributed by atoms with Crippen molar-refractivity contribution >= 4 is 17.2 Å². The molecule has 3 N–H and O–H groups in total. The maximum absolute atomic E-state index is 11.5. The quantitative estimate of drug-likeness (QED) is 0.801. The van der Waals surface area contributed by atoms with E-state index in [1.165, 1.54) is 9.75 Å². The second-order valence-corrected chi connectivity index (χ2v) is 5.53. The van der Waals surface area contributed by atoms with E-state index in [1.54, 1.807) is 11.3 Å². The highest BCUT2D eigenvalue weighted by Gasteiger charge is 2.03. The van der Waals surface area contributed by atoms with E-state index in [1.807, 2.05) is 6.92 Å². The Morgan fingerprint density at radius 1 is 1.56 bits per heavy atom. The van der Waals surface area contributed by atoms with Crippen molar-refractivity contribution in [2.75, 3.05) is 0 Å². The average Bonchev–Trinajstić information content (AvgIpc) is 2.61. The zero-order valence-electron chi connectivity index (χ0n) is 9.95. The van der Waals surface area contributed by atoms with Crippen molar-refractivity contribution in [2.45, 2.75) is 45.7 Å². The van der Waals surface area contributed by atoms with E-state index in [0.29, 0.717) is 13.0 Å². The topological polar surface area (TPSA) is 55.1 Å². The summed E-state index contributed by atoms with van der Waals surface area (Å²) in [6.07, 6.45) is 2.35. The van der Waals surface area contributed by atoms with Gasteiger partial charge in [-0.25, -0.2) is 0 Å². The van der Waals surface area contributed by atoms with Crippen molar-refractivity contribution < 1.29 is 4.79 Å². The summed E-state index contributed by atoms with van der Waals surface area (Å²) in [5, 5.41) is 2.92. The van der Waals surface area contributed by atoms with Crippen LogP contribution in [0.1, 0.15) is 35.9 Å². The van der Waals surface area contributed by atoms with Crippen LogP contribution in [0.2, 0.25) is 0 Å². The second kappa shape index (κ2) is 6.66. The lowest BCUT2D eigenvalue weighted by atomic mass is 10.1. The van der Waals surface area contributed by atoms with E-state index in [9.17, 15) is 4.79 Å². The van der Waals surface area contributed by atoms with Gasteiger partial charge in [-0.1, -0.05) is 0 Å². The van der Waals surface area contributed by atoms with Crippen LogP contribution in [0.25, 0.3) is 0 Å². The smallest absolute Gasteiger partial charge is 0.220 e. The number of hydrogen-bond donors (Lipinski definition) is 2. The standard InChI is InChI=1S/C12H20N2OS/c1-9(13)4-3-5-12(15)14-8-11-7-6-10(2)16-11/h6-7,9H,3-5,8,13H2,1-2H3,(H,14,15). The highest BCUT2D eigenvalue weighted by atomic mass is 32.1. The van der Waals surface area contributed by atoms with Crippen LogP contribution in [0.4, 0.5) is 0 Å². The fourth-order valence-corrected chi connectivity index (χ4v) is 2.27. The minimum atomic E-state index is 0.117. The van der Waals surface area contributed by atoms with Gasteiger partial charge in [0.25, 0.3) is 0 Å². The van der Waals surface area contributed by atoms with E-state index < -0.39 is 0 Å². The van der Waals surface area contributed by atoms with Gasteiger partial charge in [0.05, 0.1) is 6.54 Å². The molecule has 0 spiro atoms. The number of carbonyl (C=O) groups excluding carboxylic acids is 1. The molecular formula is C12H20N2OS. The van der Waals surface area contributed by atoms with Crippen LogP contribution in [0.3, 0.4) is 0 Å². The number of nitrogens with two attached hydrogens (primary N) is 1. The minimum Gasteiger partial charge on any atom is -0.351 e. The summed E-state index contributed by atoms with van der Waals surface area (Å²) in [6.45, 7) is 4.68. The number of amides is 1. The summed E-state index contributed by atoms with van der Waals surface area (Å²) < 4.78 is 0. The Hall–Kier alpha value is -0.870. The molecular weight excluding hydrogens is 220 g/mol. The Labute approximate surface area is 101 Å². The summed E-state index contributed by atoms with van der Waals surface area (Å²) in [5.41, 5.74) is 5.62. The number of rotatable bonds is 6. The third-order valence-corrected chi connectivity index (χ3v) is 3.32. The summed E-state index contributed by atoms with van der Waals surface area (Å²) in [6, 6.07) is 4.32. The van der Waals surface area contributed by atoms with Crippen LogP contribution in [0.15, 0.2) is 12.1 Å². The largest absolute Gasteiger partial charge is 0.351 e. The number of nitrogens with one attached hydrogen (secondary N) is 1. The molecule has 1 atom stereocenters. The Morgan fingerprint density at radius 2 is 2.31 bits per heavy atom. The van der Waals surface area contributed by atoms with Crippen molar-refractivity contribution in [3.8, 4) is 0 Å². The molecule has 0 fully saturated rings. The molecule has 0 saturated heterocycles. The lowest BCUT2D eigenvalue weighted by molar-refractivity contribution is -0.121. The Balaban J connectivity index is 2.15. The highest BCUT2D eigenvalue weighted by Crippen LogP contribution is 2.14. The van der Waals surface area contributed by atoms with E-state index in [-0.39, 0.29) is 11.9 Å². The van der Waals surface area contributed by atoms with Gasteiger partial charge in [0.1, 0.15) is 0 Å². The molecule has 0 saturated carbocycles. The van der Waals surface area contributed by atoms with E-state index >= 15 is 0 Å². The molecule has 1 aromatic heterocycles. The Morgan fingerprint density at radius 3 is 2.88 bits per heavy atom. The Bertz CT molecular complexity index is 334. The first-order valence-corrected chi connectivity index (χ1v) is 6.47. The van der Waals surface area contributed by atoms with Crippen molar-refractivity contribution in [1.29, 1.82) is 0 Å². The minimum absolute atomic E-state index is 0.117. The molecule has 0 aromatic carbocycles. The number of carbonyl (C=O) groups is 1. The molecule has 90 valence electrons. The molecule has 0 bridgehead atoms. The summed E-state index contributed by atoms with van der Waals surface area (Å²) in [7, 11) is 0. The molecule has 1 unspecified atom stereocenters. The summed E-state index contributed by atoms with van der Waals surface area (Å²) in [5.74, 6) is 0.117. The molecule has 1 aromatic rings. The lowest BCUT2D eigenvalue weighted by Gasteiger charge is -2.05. The lowest BCUT2D eigenvalue weighted by Crippen LogP contribution is -2.23. The van der Waals surface area contributed by atoms with Crippen LogP contribution in [0.5, 0.6) is 0 Å². The van der Waals surface area contributed by atoms with E-state index in [4.69, 9.17) is 5.73 Å². The third-order valence-electron chi connectivity index (χ3n) is 2.32. The maximum Gasteiger partial charge on any atom is 0.220 e. The second-order valence-electron chi connectivity index (χ2n) is 4.16. The molecule has 16 heavy (non-hydrogen) atoms. The van der Waals surface area contributed by atoms with Crippen molar-refractivity contribution in [3.05, 3.63) is 21.9 Å².